The fourth-order valence-electron chi connectivity index (χ4n) is 1.53. The number of amides is 1. The van der Waals surface area contributed by atoms with Gasteiger partial charge in [0.2, 0.25) is 0 Å². The lowest BCUT2D eigenvalue weighted by molar-refractivity contribution is -0.111. The van der Waals surface area contributed by atoms with Gasteiger partial charge in [-0.3, -0.25) is 4.79 Å². The summed E-state index contributed by atoms with van der Waals surface area (Å²) in [4.78, 5) is 11.0. The highest BCUT2D eigenvalue weighted by molar-refractivity contribution is 6.04. The molecule has 0 saturated carbocycles. The Morgan fingerprint density at radius 1 is 1.29 bits per heavy atom. The molecular weight excluding hydrogens is 174 g/mol. The van der Waals surface area contributed by atoms with Crippen LogP contribution in [0.2, 0.25) is 0 Å². The summed E-state index contributed by atoms with van der Waals surface area (Å²) in [6.07, 6.45) is 4.99. The molecule has 0 fully saturated rings. The Kier molecular flexibility index (Phi) is 2.93. The first-order valence-electron chi connectivity index (χ1n) is 4.40. The van der Waals surface area contributed by atoms with Crippen molar-refractivity contribution in [1.82, 2.24) is 0 Å². The Morgan fingerprint density at radius 3 is 2.21 bits per heavy atom. The molecule has 0 heterocycles. The molecule has 0 aliphatic heterocycles. The number of aryl methyl sites for hydroxylation is 3. The summed E-state index contributed by atoms with van der Waals surface area (Å²) in [5.74, 6) is 1.63. The Hall–Kier alpha value is -1.75. The van der Waals surface area contributed by atoms with Gasteiger partial charge < -0.3 is 5.32 Å². The van der Waals surface area contributed by atoms with Crippen molar-refractivity contribution in [3.63, 3.8) is 0 Å². The zero-order valence-electron chi connectivity index (χ0n) is 8.64. The molecule has 72 valence electrons. The lowest BCUT2D eigenvalue weighted by Gasteiger charge is -2.10. The molecule has 2 nitrogen and oxygen atoms in total. The van der Waals surface area contributed by atoms with Crippen molar-refractivity contribution in [3.8, 4) is 12.3 Å². The Bertz CT molecular complexity index is 390. The molecule has 1 N–H and O–H groups in total. The van der Waals surface area contributed by atoms with Gasteiger partial charge in [-0.2, -0.15) is 0 Å². The first kappa shape index (κ1) is 10.3. The molecule has 0 unspecified atom stereocenters. The minimum absolute atomic E-state index is 0.403. The molecule has 1 aromatic carbocycles. The van der Waals surface area contributed by atoms with E-state index in [1.165, 1.54) is 5.56 Å². The van der Waals surface area contributed by atoms with Gasteiger partial charge in [-0.1, -0.05) is 17.7 Å². The van der Waals surface area contributed by atoms with Gasteiger partial charge in [-0.25, -0.2) is 0 Å². The molecule has 0 atom stereocenters. The van der Waals surface area contributed by atoms with Gasteiger partial charge in [0, 0.05) is 5.69 Å². The van der Waals surface area contributed by atoms with Crippen LogP contribution in [0.3, 0.4) is 0 Å². The molecule has 1 aromatic rings. The molecule has 0 radical (unpaired) electrons. The summed E-state index contributed by atoms with van der Waals surface area (Å²) in [6.45, 7) is 5.92. The maximum atomic E-state index is 11.0. The van der Waals surface area contributed by atoms with Crippen LogP contribution in [0.1, 0.15) is 16.7 Å². The highest BCUT2D eigenvalue weighted by Crippen LogP contribution is 2.21. The summed E-state index contributed by atoms with van der Waals surface area (Å²) in [6, 6.07) is 4.03. The normalized spacial score (nSPS) is 9.29. The first-order chi connectivity index (χ1) is 6.54. The van der Waals surface area contributed by atoms with Crippen molar-refractivity contribution in [2.24, 2.45) is 0 Å². The second kappa shape index (κ2) is 3.97. The van der Waals surface area contributed by atoms with E-state index in [-0.39, 0.29) is 0 Å². The maximum absolute atomic E-state index is 11.0. The molecule has 1 amide bonds. The summed E-state index contributed by atoms with van der Waals surface area (Å²) in [5, 5.41) is 2.68. The predicted molar refractivity (Wildman–Crippen MR) is 58.1 cm³/mol. The Labute approximate surface area is 84.3 Å². The quantitative estimate of drug-likeness (QED) is 0.671. The van der Waals surface area contributed by atoms with Gasteiger partial charge in [-0.05, 0) is 37.8 Å². The van der Waals surface area contributed by atoms with E-state index in [0.717, 1.165) is 16.8 Å². The molecular formula is C12H13NO. The van der Waals surface area contributed by atoms with E-state index in [9.17, 15) is 4.79 Å². The van der Waals surface area contributed by atoms with Crippen LogP contribution in [0.5, 0.6) is 0 Å². The van der Waals surface area contributed by atoms with Crippen molar-refractivity contribution >= 4 is 11.6 Å². The van der Waals surface area contributed by atoms with E-state index in [1.807, 2.05) is 38.8 Å². The molecule has 2 heteroatoms. The number of rotatable bonds is 1. The zero-order chi connectivity index (χ0) is 10.7. The molecule has 14 heavy (non-hydrogen) atoms. The van der Waals surface area contributed by atoms with E-state index in [0.29, 0.717) is 0 Å². The lowest BCUT2D eigenvalue weighted by Crippen LogP contribution is -2.10. The minimum Gasteiger partial charge on any atom is -0.315 e. The summed E-state index contributed by atoms with van der Waals surface area (Å²) < 4.78 is 0. The van der Waals surface area contributed by atoms with Crippen molar-refractivity contribution in [1.29, 1.82) is 0 Å². The number of anilines is 1. The smallest absolute Gasteiger partial charge is 0.300 e. The number of nitrogens with one attached hydrogen (secondary N) is 1. The van der Waals surface area contributed by atoms with Crippen LogP contribution < -0.4 is 5.32 Å². The summed E-state index contributed by atoms with van der Waals surface area (Å²) in [5.41, 5.74) is 4.06. The van der Waals surface area contributed by atoms with Gasteiger partial charge in [-0.15, -0.1) is 6.42 Å². The molecule has 0 aromatic heterocycles. The molecule has 0 aliphatic rings. The maximum Gasteiger partial charge on any atom is 0.300 e. The number of hydrogen-bond acceptors (Lipinski definition) is 1. The van der Waals surface area contributed by atoms with E-state index in [2.05, 4.69) is 5.32 Å². The zero-order valence-corrected chi connectivity index (χ0v) is 8.64. The fraction of sp³-hybridized carbons (Fsp3) is 0.250. The second-order valence-corrected chi connectivity index (χ2v) is 3.37. The van der Waals surface area contributed by atoms with Gasteiger partial charge >= 0.3 is 0 Å². The summed E-state index contributed by atoms with van der Waals surface area (Å²) in [7, 11) is 0. The van der Waals surface area contributed by atoms with Crippen molar-refractivity contribution in [3.05, 3.63) is 28.8 Å². The van der Waals surface area contributed by atoms with Gasteiger partial charge in [0.15, 0.2) is 0 Å². The third-order valence-corrected chi connectivity index (χ3v) is 2.05. The molecule has 1 rings (SSSR count). The summed E-state index contributed by atoms with van der Waals surface area (Å²) >= 11 is 0. The third-order valence-electron chi connectivity index (χ3n) is 2.05. The molecule has 0 spiro atoms. The minimum atomic E-state index is -0.403. The van der Waals surface area contributed by atoms with Crippen molar-refractivity contribution < 1.29 is 4.79 Å². The monoisotopic (exact) mass is 187 g/mol. The van der Waals surface area contributed by atoms with Gasteiger partial charge in [0.1, 0.15) is 0 Å². The van der Waals surface area contributed by atoms with E-state index >= 15 is 0 Å². The largest absolute Gasteiger partial charge is 0.315 e. The fourth-order valence-corrected chi connectivity index (χ4v) is 1.53. The van der Waals surface area contributed by atoms with Crippen LogP contribution >= 0.6 is 0 Å². The van der Waals surface area contributed by atoms with Crippen LogP contribution in [-0.2, 0) is 4.79 Å². The number of terminal acetylenes is 1. The Morgan fingerprint density at radius 2 is 1.79 bits per heavy atom. The first-order valence-corrected chi connectivity index (χ1v) is 4.40. The van der Waals surface area contributed by atoms with Crippen LogP contribution in [0.4, 0.5) is 5.69 Å². The topological polar surface area (TPSA) is 29.1 Å². The predicted octanol–water partition coefficient (Wildman–Crippen LogP) is 2.18. The van der Waals surface area contributed by atoms with Crippen LogP contribution in [0, 0.1) is 33.1 Å². The average molecular weight is 187 g/mol. The number of carbonyl (C=O) groups is 1. The molecule has 0 aliphatic carbocycles. The van der Waals surface area contributed by atoms with Gasteiger partial charge in [0.25, 0.3) is 5.91 Å². The van der Waals surface area contributed by atoms with E-state index in [1.54, 1.807) is 0 Å². The highest BCUT2D eigenvalue weighted by atomic mass is 16.1. The SMILES string of the molecule is C#CC(=O)Nc1c(C)cc(C)cc1C. The average Bonchev–Trinajstić information content (AvgIpc) is 2.10. The second-order valence-electron chi connectivity index (χ2n) is 3.37. The number of hydrogen-bond donors (Lipinski definition) is 1. The molecule has 0 bridgehead atoms. The molecule has 0 saturated heterocycles. The van der Waals surface area contributed by atoms with E-state index < -0.39 is 5.91 Å². The van der Waals surface area contributed by atoms with Crippen molar-refractivity contribution in [2.75, 3.05) is 5.32 Å². The Balaban J connectivity index is 3.10. The number of carbonyl (C=O) groups excluding carboxylic acids is 1. The van der Waals surface area contributed by atoms with Crippen LogP contribution in [0.15, 0.2) is 12.1 Å². The lowest BCUT2D eigenvalue weighted by atomic mass is 10.1. The van der Waals surface area contributed by atoms with Crippen LogP contribution in [-0.4, -0.2) is 5.91 Å². The number of benzene rings is 1. The van der Waals surface area contributed by atoms with E-state index in [4.69, 9.17) is 6.42 Å². The highest BCUT2D eigenvalue weighted by Gasteiger charge is 2.05. The van der Waals surface area contributed by atoms with Gasteiger partial charge in [0.05, 0.1) is 0 Å². The van der Waals surface area contributed by atoms with Crippen LogP contribution in [0.25, 0.3) is 0 Å². The van der Waals surface area contributed by atoms with Crippen molar-refractivity contribution in [2.45, 2.75) is 20.8 Å². The standard InChI is InChI=1S/C12H13NO/c1-5-11(14)13-12-9(3)6-8(2)7-10(12)4/h1,6-7H,2-4H3,(H,13,14). The third kappa shape index (κ3) is 2.14.